The summed E-state index contributed by atoms with van der Waals surface area (Å²) in [6.45, 7) is 4.80. The van der Waals surface area contributed by atoms with Crippen molar-refractivity contribution >= 4 is 5.91 Å². The van der Waals surface area contributed by atoms with Gasteiger partial charge in [-0.3, -0.25) is 4.79 Å². The highest BCUT2D eigenvalue weighted by Crippen LogP contribution is 2.25. The smallest absolute Gasteiger partial charge is 0.226 e. The number of nitrogens with zero attached hydrogens (tertiary/aromatic N) is 2. The van der Waals surface area contributed by atoms with Gasteiger partial charge in [0.2, 0.25) is 5.91 Å². The second kappa shape index (κ2) is 8.46. The van der Waals surface area contributed by atoms with E-state index in [1.807, 2.05) is 49.4 Å². The molecule has 4 heteroatoms. The molecule has 1 atom stereocenters. The van der Waals surface area contributed by atoms with Crippen LogP contribution in [0.4, 0.5) is 0 Å². The fraction of sp³-hybridized carbons (Fsp3) is 0.333. The number of benzene rings is 2. The van der Waals surface area contributed by atoms with Crippen molar-refractivity contribution in [3.63, 3.8) is 0 Å². The zero-order chi connectivity index (χ0) is 18.3. The highest BCUT2D eigenvalue weighted by molar-refractivity contribution is 5.77. The fourth-order valence-corrected chi connectivity index (χ4v) is 2.77. The molecular formula is C21H24N2O2. The summed E-state index contributed by atoms with van der Waals surface area (Å²) in [5, 5.41) is 19.6. The molecule has 2 aromatic carbocycles. The van der Waals surface area contributed by atoms with Gasteiger partial charge in [-0.05, 0) is 36.6 Å². The normalized spacial score (nSPS) is 12.9. The molecule has 25 heavy (non-hydrogen) atoms. The van der Waals surface area contributed by atoms with Gasteiger partial charge in [0, 0.05) is 13.1 Å². The van der Waals surface area contributed by atoms with Gasteiger partial charge in [0.05, 0.1) is 23.7 Å². The second-order valence-corrected chi connectivity index (χ2v) is 6.44. The van der Waals surface area contributed by atoms with Crippen LogP contribution in [0.15, 0.2) is 54.6 Å². The van der Waals surface area contributed by atoms with Gasteiger partial charge in [-0.25, -0.2) is 0 Å². The molecule has 0 fully saturated rings. The van der Waals surface area contributed by atoms with Crippen molar-refractivity contribution < 1.29 is 9.90 Å². The molecule has 0 aliphatic carbocycles. The molecule has 0 radical (unpaired) electrons. The number of aliphatic hydroxyl groups is 1. The minimum atomic E-state index is -1.20. The van der Waals surface area contributed by atoms with E-state index in [1.54, 1.807) is 24.0 Å². The zero-order valence-electron chi connectivity index (χ0n) is 14.8. The van der Waals surface area contributed by atoms with Crippen molar-refractivity contribution in [2.24, 2.45) is 0 Å². The Balaban J connectivity index is 2.10. The largest absolute Gasteiger partial charge is 0.385 e. The summed E-state index contributed by atoms with van der Waals surface area (Å²) in [5.41, 5.74) is 1.11. The minimum Gasteiger partial charge on any atom is -0.385 e. The van der Waals surface area contributed by atoms with Crippen molar-refractivity contribution in [3.05, 3.63) is 71.3 Å². The first-order valence-electron chi connectivity index (χ1n) is 8.51. The van der Waals surface area contributed by atoms with Gasteiger partial charge in [-0.15, -0.1) is 0 Å². The second-order valence-electron chi connectivity index (χ2n) is 6.44. The van der Waals surface area contributed by atoms with E-state index in [1.165, 1.54) is 0 Å². The molecule has 0 heterocycles. The lowest BCUT2D eigenvalue weighted by Crippen LogP contribution is -2.36. The molecule has 2 aromatic rings. The monoisotopic (exact) mass is 336 g/mol. The molecule has 1 amide bonds. The summed E-state index contributed by atoms with van der Waals surface area (Å²) in [4.78, 5) is 14.5. The highest BCUT2D eigenvalue weighted by atomic mass is 16.3. The van der Waals surface area contributed by atoms with E-state index < -0.39 is 5.60 Å². The number of rotatable bonds is 7. The minimum absolute atomic E-state index is 0.0350. The number of hydrogen-bond acceptors (Lipinski definition) is 3. The van der Waals surface area contributed by atoms with Gasteiger partial charge >= 0.3 is 0 Å². The average Bonchev–Trinajstić information content (AvgIpc) is 2.62. The van der Waals surface area contributed by atoms with E-state index in [-0.39, 0.29) is 12.3 Å². The Morgan fingerprint density at radius 2 is 1.80 bits per heavy atom. The first-order valence-corrected chi connectivity index (χ1v) is 8.51. The Hall–Kier alpha value is -2.64. The number of nitriles is 1. The van der Waals surface area contributed by atoms with Crippen molar-refractivity contribution in [1.82, 2.24) is 4.90 Å². The summed E-state index contributed by atoms with van der Waals surface area (Å²) in [5.74, 6) is -0.0833. The molecule has 0 saturated carbocycles. The van der Waals surface area contributed by atoms with E-state index in [9.17, 15) is 9.90 Å². The molecule has 0 bridgehead atoms. The van der Waals surface area contributed by atoms with Crippen LogP contribution in [0, 0.1) is 11.3 Å². The lowest BCUT2D eigenvalue weighted by Gasteiger charge is -2.28. The van der Waals surface area contributed by atoms with E-state index in [2.05, 4.69) is 6.07 Å². The molecule has 0 aromatic heterocycles. The number of carbonyl (C=O) groups excluding carboxylic acids is 1. The molecule has 0 aliphatic rings. The average molecular weight is 336 g/mol. The fourth-order valence-electron chi connectivity index (χ4n) is 2.77. The number of amides is 1. The highest BCUT2D eigenvalue weighted by Gasteiger charge is 2.28. The van der Waals surface area contributed by atoms with Crippen LogP contribution in [0.5, 0.6) is 0 Å². The molecule has 1 unspecified atom stereocenters. The Labute approximate surface area is 149 Å². The molecule has 130 valence electrons. The zero-order valence-corrected chi connectivity index (χ0v) is 14.8. The molecular weight excluding hydrogens is 312 g/mol. The third-order valence-corrected chi connectivity index (χ3v) is 4.19. The van der Waals surface area contributed by atoms with Crippen LogP contribution in [-0.2, 0) is 16.9 Å². The summed E-state index contributed by atoms with van der Waals surface area (Å²) >= 11 is 0. The van der Waals surface area contributed by atoms with E-state index in [0.717, 1.165) is 17.5 Å². The van der Waals surface area contributed by atoms with Crippen LogP contribution in [0.3, 0.4) is 0 Å². The van der Waals surface area contributed by atoms with Gasteiger partial charge in [-0.2, -0.15) is 5.26 Å². The molecule has 1 N–H and O–H groups in total. The maximum absolute atomic E-state index is 12.8. The predicted octanol–water partition coefficient (Wildman–Crippen LogP) is 3.59. The van der Waals surface area contributed by atoms with E-state index >= 15 is 0 Å². The molecule has 4 nitrogen and oxygen atoms in total. The van der Waals surface area contributed by atoms with Crippen LogP contribution >= 0.6 is 0 Å². The Morgan fingerprint density at radius 1 is 1.16 bits per heavy atom. The summed E-state index contributed by atoms with van der Waals surface area (Å²) in [6, 6.07) is 18.6. The van der Waals surface area contributed by atoms with Gasteiger partial charge in [0.1, 0.15) is 0 Å². The Bertz CT molecular complexity index is 731. The van der Waals surface area contributed by atoms with Gasteiger partial charge in [-0.1, -0.05) is 49.4 Å². The first-order chi connectivity index (χ1) is 12.0. The van der Waals surface area contributed by atoms with Crippen LogP contribution in [-0.4, -0.2) is 22.5 Å². The van der Waals surface area contributed by atoms with Gasteiger partial charge < -0.3 is 10.0 Å². The van der Waals surface area contributed by atoms with E-state index in [4.69, 9.17) is 5.26 Å². The maximum Gasteiger partial charge on any atom is 0.226 e. The van der Waals surface area contributed by atoms with Crippen LogP contribution < -0.4 is 0 Å². The predicted molar refractivity (Wildman–Crippen MR) is 97.5 cm³/mol. The number of carbonyl (C=O) groups is 1. The van der Waals surface area contributed by atoms with Gasteiger partial charge in [0.25, 0.3) is 0 Å². The van der Waals surface area contributed by atoms with Crippen molar-refractivity contribution in [2.75, 3.05) is 6.54 Å². The standard InChI is InChI=1S/C21H24N2O2/c1-3-13-23(16-18-11-9-17(15-22)10-12-18)20(24)14-21(2,25)19-7-5-4-6-8-19/h4-12,25H,3,13-14,16H2,1-2H3. The number of hydrogen-bond donors (Lipinski definition) is 1. The molecule has 0 aliphatic heterocycles. The third-order valence-electron chi connectivity index (χ3n) is 4.19. The topological polar surface area (TPSA) is 64.3 Å². The van der Waals surface area contributed by atoms with Crippen LogP contribution in [0.2, 0.25) is 0 Å². The first kappa shape index (κ1) is 18.7. The van der Waals surface area contributed by atoms with Crippen molar-refractivity contribution in [3.8, 4) is 6.07 Å². The van der Waals surface area contributed by atoms with Crippen LogP contribution in [0.25, 0.3) is 0 Å². The SMILES string of the molecule is CCCN(Cc1ccc(C#N)cc1)C(=O)CC(C)(O)c1ccccc1. The van der Waals surface area contributed by atoms with Crippen molar-refractivity contribution in [2.45, 2.75) is 38.8 Å². The lowest BCUT2D eigenvalue weighted by atomic mass is 9.92. The summed E-state index contributed by atoms with van der Waals surface area (Å²) in [7, 11) is 0. The van der Waals surface area contributed by atoms with E-state index in [0.29, 0.717) is 18.7 Å². The molecule has 2 rings (SSSR count). The molecule has 0 spiro atoms. The summed E-state index contributed by atoms with van der Waals surface area (Å²) < 4.78 is 0. The summed E-state index contributed by atoms with van der Waals surface area (Å²) in [6.07, 6.45) is 0.878. The molecule has 0 saturated heterocycles. The quantitative estimate of drug-likeness (QED) is 0.840. The third kappa shape index (κ3) is 5.17. The lowest BCUT2D eigenvalue weighted by molar-refractivity contribution is -0.137. The van der Waals surface area contributed by atoms with Gasteiger partial charge in [0.15, 0.2) is 0 Å². The maximum atomic E-state index is 12.8. The Morgan fingerprint density at radius 3 is 2.36 bits per heavy atom. The Kier molecular flexibility index (Phi) is 6.32. The van der Waals surface area contributed by atoms with Crippen molar-refractivity contribution in [1.29, 1.82) is 5.26 Å². The van der Waals surface area contributed by atoms with Crippen LogP contribution in [0.1, 0.15) is 43.4 Å².